The molecular weight excluding hydrogens is 417 g/mol. The minimum absolute atomic E-state index is 0.00230. The molecule has 8 heteroatoms. The van der Waals surface area contributed by atoms with Crippen LogP contribution in [0.25, 0.3) is 22.8 Å². The number of ether oxygens (including phenoxy) is 1. The van der Waals surface area contributed by atoms with Gasteiger partial charge >= 0.3 is 0 Å². The van der Waals surface area contributed by atoms with E-state index in [4.69, 9.17) is 48.9 Å². The maximum atomic E-state index is 8.26. The average molecular weight is 441 g/mol. The monoisotopic (exact) mass is 439 g/mol. The first kappa shape index (κ1) is 7.72. The lowest BCUT2D eigenvalue weighted by molar-refractivity contribution is 0.233. The molecule has 0 aliphatic rings. The van der Waals surface area contributed by atoms with Gasteiger partial charge in [0.25, 0.3) is 5.89 Å². The van der Waals surface area contributed by atoms with Crippen LogP contribution in [0, 0.1) is 0 Å². The normalized spacial score (nSPS) is 19.8. The number of pyridine rings is 1. The number of aromatic nitrogens is 3. The lowest BCUT2D eigenvalue weighted by Gasteiger charge is -2.09. The van der Waals surface area contributed by atoms with E-state index >= 15 is 0 Å². The zero-order chi connectivity index (χ0) is 27.5. The Morgan fingerprint density at radius 3 is 3.04 bits per heavy atom. The highest BCUT2D eigenvalue weighted by Gasteiger charge is 2.16. The van der Waals surface area contributed by atoms with Crippen molar-refractivity contribution in [1.29, 1.82) is 0 Å². The molecule has 0 aliphatic heterocycles. The van der Waals surface area contributed by atoms with Gasteiger partial charge in [0.2, 0.25) is 11.7 Å². The van der Waals surface area contributed by atoms with Gasteiger partial charge in [-0.3, -0.25) is 0 Å². The van der Waals surface area contributed by atoms with Crippen LogP contribution >= 0.6 is 39.1 Å². The van der Waals surface area contributed by atoms with Gasteiger partial charge in [-0.2, -0.15) is 4.98 Å². The second kappa shape index (κ2) is 7.09. The molecule has 0 N–H and O–H groups in total. The molecule has 0 aliphatic carbocycles. The summed E-state index contributed by atoms with van der Waals surface area (Å²) in [5.74, 6) is -1.78. The number of hydrogen-bond acceptors (Lipinski definition) is 5. The summed E-state index contributed by atoms with van der Waals surface area (Å²) >= 11 is 15.3. The Kier molecular flexibility index (Phi) is 2.28. The summed E-state index contributed by atoms with van der Waals surface area (Å²) in [6, 6.07) is -2.05. The van der Waals surface area contributed by atoms with Crippen molar-refractivity contribution < 1.29 is 25.7 Å². The van der Waals surface area contributed by atoms with Gasteiger partial charge in [-0.05, 0) is 47.8 Å². The van der Waals surface area contributed by atoms with Crippen LogP contribution in [0.5, 0.6) is 5.88 Å². The lowest BCUT2D eigenvalue weighted by Crippen LogP contribution is -2.07. The van der Waals surface area contributed by atoms with E-state index in [1.165, 1.54) is 0 Å². The quantitative estimate of drug-likeness (QED) is 0.524. The second-order valence-corrected chi connectivity index (χ2v) is 5.62. The molecule has 0 unspecified atom stereocenters. The highest BCUT2D eigenvalue weighted by Crippen LogP contribution is 2.34. The van der Waals surface area contributed by atoms with Crippen molar-refractivity contribution in [3.05, 3.63) is 44.9 Å². The van der Waals surface area contributed by atoms with Gasteiger partial charge in [0, 0.05) is 24.4 Å². The molecular formula is C16H12BrCl2N3O2. The first-order valence-electron chi connectivity index (χ1n) is 12.0. The Balaban J connectivity index is 2.13. The third-order valence-electron chi connectivity index (χ3n) is 2.53. The highest BCUT2D eigenvalue weighted by atomic mass is 79.9. The summed E-state index contributed by atoms with van der Waals surface area (Å²) in [7, 11) is 0. The minimum atomic E-state index is -3.51. The van der Waals surface area contributed by atoms with Gasteiger partial charge in [-0.25, -0.2) is 4.98 Å². The molecule has 0 radical (unpaired) electrons. The Labute approximate surface area is 173 Å². The van der Waals surface area contributed by atoms with Crippen molar-refractivity contribution in [1.82, 2.24) is 15.1 Å². The van der Waals surface area contributed by atoms with Crippen molar-refractivity contribution in [2.24, 2.45) is 0 Å². The Hall–Kier alpha value is -1.63. The van der Waals surface area contributed by atoms with Gasteiger partial charge in [0.1, 0.15) is 5.02 Å². The standard InChI is InChI=1S/C16H12BrCl2N3O2/c1-8(2)23-16-12(18)6-9(7-20-16)15-21-14(22-24-15)10-4-3-5-11(17)13(10)19/h3-8H,1-2H3/i1D3,2D3,3D,4D,5D,6D,7D,8D. The van der Waals surface area contributed by atoms with Gasteiger partial charge in [-0.15, -0.1) is 0 Å². The van der Waals surface area contributed by atoms with E-state index in [0.29, 0.717) is 0 Å². The molecule has 0 atom stereocenters. The molecule has 3 aromatic rings. The van der Waals surface area contributed by atoms with Crippen molar-refractivity contribution in [3.8, 4) is 28.7 Å². The van der Waals surface area contributed by atoms with E-state index in [-0.39, 0.29) is 26.9 Å². The number of hydrogen-bond donors (Lipinski definition) is 0. The van der Waals surface area contributed by atoms with Gasteiger partial charge in [0.05, 0.1) is 24.9 Å². The third-order valence-corrected chi connectivity index (χ3v) is 3.98. The van der Waals surface area contributed by atoms with Crippen LogP contribution < -0.4 is 4.74 Å². The Bertz CT molecular complexity index is 1320. The third kappa shape index (κ3) is 3.55. The van der Waals surface area contributed by atoms with E-state index in [9.17, 15) is 0 Å². The maximum absolute atomic E-state index is 8.26. The molecule has 0 saturated carbocycles. The van der Waals surface area contributed by atoms with Crippen molar-refractivity contribution in [2.45, 2.75) is 19.8 Å². The van der Waals surface area contributed by atoms with Crippen molar-refractivity contribution >= 4 is 39.1 Å². The summed E-state index contributed by atoms with van der Waals surface area (Å²) < 4.78 is 103. The molecule has 0 spiro atoms. The molecule has 0 fully saturated rings. The summed E-state index contributed by atoms with van der Waals surface area (Å²) in [5, 5.41) is 2.75. The van der Waals surface area contributed by atoms with E-state index in [1.807, 2.05) is 0 Å². The molecule has 0 amide bonds. The SMILES string of the molecule is [2H]c1nc(OC([2H])(C([2H])([2H])[2H])C([2H])([2H])[2H])c(Cl)c([2H])c1-c1nc(-c2c([2H])c([2H])c([2H])c(Br)c2Cl)no1. The van der Waals surface area contributed by atoms with Crippen molar-refractivity contribution in [2.75, 3.05) is 0 Å². The fraction of sp³-hybridized carbons (Fsp3) is 0.188. The summed E-state index contributed by atoms with van der Waals surface area (Å²) in [5.41, 5.74) is -0.639. The summed E-state index contributed by atoms with van der Waals surface area (Å²) in [6.45, 7) is -6.97. The fourth-order valence-corrected chi connectivity index (χ4v) is 2.21. The van der Waals surface area contributed by atoms with E-state index in [2.05, 4.69) is 31.1 Å². The Morgan fingerprint density at radius 1 is 1.42 bits per heavy atom. The van der Waals surface area contributed by atoms with Crippen LogP contribution in [0.1, 0.15) is 30.2 Å². The zero-order valence-electron chi connectivity index (χ0n) is 23.3. The zero-order valence-corrected chi connectivity index (χ0v) is 14.4. The molecule has 0 bridgehead atoms. The van der Waals surface area contributed by atoms with E-state index in [1.54, 1.807) is 0 Å². The van der Waals surface area contributed by atoms with Gasteiger partial charge < -0.3 is 9.26 Å². The minimum Gasteiger partial charge on any atom is -0.474 e. The van der Waals surface area contributed by atoms with Crippen LogP contribution in [0.3, 0.4) is 0 Å². The summed E-state index contributed by atoms with van der Waals surface area (Å²) in [4.78, 5) is 7.58. The lowest BCUT2D eigenvalue weighted by atomic mass is 10.2. The first-order chi connectivity index (χ1) is 16.3. The molecule has 24 heavy (non-hydrogen) atoms. The molecule has 124 valence electrons. The maximum Gasteiger partial charge on any atom is 0.259 e. The molecule has 0 saturated heterocycles. The molecule has 5 nitrogen and oxygen atoms in total. The van der Waals surface area contributed by atoms with Crippen LogP contribution in [0.4, 0.5) is 0 Å². The van der Waals surface area contributed by atoms with Crippen LogP contribution in [-0.2, 0) is 0 Å². The highest BCUT2D eigenvalue weighted by molar-refractivity contribution is 9.10. The van der Waals surface area contributed by atoms with E-state index in [0.717, 1.165) is 0 Å². The number of nitrogens with zero attached hydrogens (tertiary/aromatic N) is 3. The van der Waals surface area contributed by atoms with Crippen LogP contribution in [-0.4, -0.2) is 21.2 Å². The molecule has 2 aromatic heterocycles. The Morgan fingerprint density at radius 2 is 2.25 bits per heavy atom. The van der Waals surface area contributed by atoms with Gasteiger partial charge in [-0.1, -0.05) is 34.4 Å². The number of rotatable bonds is 4. The first-order valence-corrected chi connectivity index (χ1v) is 7.53. The molecule has 3 rings (SSSR count). The number of halogens is 3. The largest absolute Gasteiger partial charge is 0.474 e. The van der Waals surface area contributed by atoms with Crippen molar-refractivity contribution in [3.63, 3.8) is 0 Å². The predicted octanol–water partition coefficient (Wildman–Crippen LogP) is 5.66. The van der Waals surface area contributed by atoms with Gasteiger partial charge in [0.15, 0.2) is 0 Å². The molecule has 2 heterocycles. The van der Waals surface area contributed by atoms with Crippen LogP contribution in [0.2, 0.25) is 10.0 Å². The average Bonchev–Trinajstić information content (AvgIpc) is 3.22. The van der Waals surface area contributed by atoms with Crippen LogP contribution in [0.15, 0.2) is 39.3 Å². The topological polar surface area (TPSA) is 61.0 Å². The second-order valence-electron chi connectivity index (χ2n) is 4.08. The smallest absolute Gasteiger partial charge is 0.259 e. The predicted molar refractivity (Wildman–Crippen MR) is 96.4 cm³/mol. The summed E-state index contributed by atoms with van der Waals surface area (Å²) in [6.07, 6.45) is -4.32. The molecule has 1 aromatic carbocycles. The fourth-order valence-electron chi connectivity index (χ4n) is 1.56. The number of benzene rings is 1. The van der Waals surface area contributed by atoms with E-state index < -0.39 is 66.4 Å².